The van der Waals surface area contributed by atoms with E-state index in [2.05, 4.69) is 20.5 Å². The summed E-state index contributed by atoms with van der Waals surface area (Å²) in [7, 11) is 0. The second-order valence-corrected chi connectivity index (χ2v) is 3.05. The molecular formula is C10H10N4O. The summed E-state index contributed by atoms with van der Waals surface area (Å²) in [6, 6.07) is 7.37. The maximum atomic E-state index is 10.4. The van der Waals surface area contributed by atoms with E-state index in [9.17, 15) is 4.79 Å². The monoisotopic (exact) mass is 202 g/mol. The smallest absolute Gasteiger partial charge is 0.211 e. The van der Waals surface area contributed by atoms with Gasteiger partial charge in [0.15, 0.2) is 5.82 Å². The van der Waals surface area contributed by atoms with Crippen LogP contribution in [0.4, 0.5) is 5.69 Å². The molecule has 2 aromatic rings. The van der Waals surface area contributed by atoms with Gasteiger partial charge in [-0.3, -0.25) is 9.89 Å². The van der Waals surface area contributed by atoms with Crippen molar-refractivity contribution >= 4 is 12.1 Å². The lowest BCUT2D eigenvalue weighted by atomic mass is 10.1. The molecule has 1 aromatic carbocycles. The lowest BCUT2D eigenvalue weighted by Gasteiger charge is -2.03. The number of amides is 1. The van der Waals surface area contributed by atoms with Crippen molar-refractivity contribution in [2.75, 3.05) is 5.32 Å². The summed E-state index contributed by atoms with van der Waals surface area (Å²) in [5, 5.41) is 9.41. The second-order valence-electron chi connectivity index (χ2n) is 3.05. The zero-order chi connectivity index (χ0) is 10.7. The third kappa shape index (κ3) is 1.85. The first-order valence-corrected chi connectivity index (χ1v) is 4.50. The van der Waals surface area contributed by atoms with E-state index in [4.69, 9.17) is 0 Å². The first-order chi connectivity index (χ1) is 7.31. The maximum absolute atomic E-state index is 10.4. The van der Waals surface area contributed by atoms with Gasteiger partial charge in [-0.1, -0.05) is 12.1 Å². The van der Waals surface area contributed by atoms with Gasteiger partial charge in [-0.25, -0.2) is 4.98 Å². The van der Waals surface area contributed by atoms with Gasteiger partial charge in [-0.2, -0.15) is 5.10 Å². The van der Waals surface area contributed by atoms with E-state index in [1.165, 1.54) is 0 Å². The first-order valence-electron chi connectivity index (χ1n) is 4.50. The van der Waals surface area contributed by atoms with Crippen LogP contribution in [0.2, 0.25) is 0 Å². The van der Waals surface area contributed by atoms with Crippen molar-refractivity contribution in [1.29, 1.82) is 0 Å². The van der Waals surface area contributed by atoms with E-state index < -0.39 is 0 Å². The Morgan fingerprint density at radius 3 is 2.87 bits per heavy atom. The molecule has 15 heavy (non-hydrogen) atoms. The van der Waals surface area contributed by atoms with E-state index in [-0.39, 0.29) is 0 Å². The van der Waals surface area contributed by atoms with Crippen molar-refractivity contribution in [3.05, 3.63) is 30.1 Å². The fourth-order valence-corrected chi connectivity index (χ4v) is 1.33. The molecule has 1 amide bonds. The van der Waals surface area contributed by atoms with Crippen LogP contribution in [-0.2, 0) is 4.79 Å². The zero-order valence-electron chi connectivity index (χ0n) is 8.19. The van der Waals surface area contributed by atoms with Gasteiger partial charge in [0.05, 0.1) is 5.69 Å². The summed E-state index contributed by atoms with van der Waals surface area (Å²) < 4.78 is 0. The Balaban J connectivity index is 2.47. The molecule has 0 fully saturated rings. The molecule has 0 saturated carbocycles. The Morgan fingerprint density at radius 1 is 1.40 bits per heavy atom. The Kier molecular flexibility index (Phi) is 2.45. The molecule has 0 saturated heterocycles. The number of nitrogens with one attached hydrogen (secondary N) is 2. The maximum Gasteiger partial charge on any atom is 0.211 e. The van der Waals surface area contributed by atoms with Crippen LogP contribution in [0.5, 0.6) is 0 Å². The Hall–Kier alpha value is -2.17. The molecule has 0 bridgehead atoms. The zero-order valence-corrected chi connectivity index (χ0v) is 8.19. The van der Waals surface area contributed by atoms with E-state index in [0.29, 0.717) is 17.9 Å². The van der Waals surface area contributed by atoms with Crippen molar-refractivity contribution in [2.24, 2.45) is 0 Å². The summed E-state index contributed by atoms with van der Waals surface area (Å²) in [5.41, 5.74) is 1.50. The highest BCUT2D eigenvalue weighted by Crippen LogP contribution is 2.23. The normalized spacial score (nSPS) is 9.93. The number of carbonyl (C=O) groups excluding carboxylic acids is 1. The number of para-hydroxylation sites is 1. The SMILES string of the molecule is Cc1nc(-c2ccccc2NC=O)n[nH]1. The lowest BCUT2D eigenvalue weighted by molar-refractivity contribution is -0.105. The van der Waals surface area contributed by atoms with Crippen LogP contribution >= 0.6 is 0 Å². The number of rotatable bonds is 3. The minimum atomic E-state index is 0.581. The number of anilines is 1. The molecule has 1 aromatic heterocycles. The number of aromatic amines is 1. The molecule has 2 N–H and O–H groups in total. The van der Waals surface area contributed by atoms with Gasteiger partial charge in [-0.05, 0) is 19.1 Å². The first kappa shape index (κ1) is 9.39. The summed E-state index contributed by atoms with van der Waals surface area (Å²) in [6.45, 7) is 1.83. The predicted molar refractivity (Wildman–Crippen MR) is 56.2 cm³/mol. The molecule has 0 aliphatic heterocycles. The molecule has 0 atom stereocenters. The van der Waals surface area contributed by atoms with E-state index in [1.807, 2.05) is 25.1 Å². The number of nitrogens with zero attached hydrogens (tertiary/aromatic N) is 2. The van der Waals surface area contributed by atoms with E-state index in [0.717, 1.165) is 11.4 Å². The molecule has 0 aliphatic carbocycles. The Morgan fingerprint density at radius 2 is 2.20 bits per heavy atom. The molecule has 76 valence electrons. The van der Waals surface area contributed by atoms with Crippen LogP contribution < -0.4 is 5.32 Å². The van der Waals surface area contributed by atoms with Crippen molar-refractivity contribution in [2.45, 2.75) is 6.92 Å². The van der Waals surface area contributed by atoms with E-state index >= 15 is 0 Å². The minimum absolute atomic E-state index is 0.581. The summed E-state index contributed by atoms with van der Waals surface area (Å²) in [5.74, 6) is 1.32. The largest absolute Gasteiger partial charge is 0.328 e. The molecule has 1 heterocycles. The molecule has 5 nitrogen and oxygen atoms in total. The van der Waals surface area contributed by atoms with Crippen LogP contribution in [-0.4, -0.2) is 21.6 Å². The molecule has 2 rings (SSSR count). The third-order valence-corrected chi connectivity index (χ3v) is 1.98. The lowest BCUT2D eigenvalue weighted by Crippen LogP contribution is -1.96. The van der Waals surface area contributed by atoms with Gasteiger partial charge < -0.3 is 5.32 Å². The highest BCUT2D eigenvalue weighted by molar-refractivity contribution is 5.82. The summed E-state index contributed by atoms with van der Waals surface area (Å²) in [4.78, 5) is 14.6. The Labute approximate surface area is 86.5 Å². The van der Waals surface area contributed by atoms with Gasteiger partial charge in [0.25, 0.3) is 0 Å². The molecule has 0 aliphatic rings. The Bertz CT molecular complexity index is 478. The topological polar surface area (TPSA) is 70.7 Å². The number of benzene rings is 1. The van der Waals surface area contributed by atoms with Gasteiger partial charge in [0, 0.05) is 5.56 Å². The third-order valence-electron chi connectivity index (χ3n) is 1.98. The minimum Gasteiger partial charge on any atom is -0.328 e. The molecule has 5 heteroatoms. The number of H-pyrrole nitrogens is 1. The van der Waals surface area contributed by atoms with Gasteiger partial charge in [0.1, 0.15) is 5.82 Å². The number of aryl methyl sites for hydroxylation is 1. The average molecular weight is 202 g/mol. The molecule has 0 spiro atoms. The number of hydrogen-bond donors (Lipinski definition) is 2. The number of carbonyl (C=O) groups is 1. The van der Waals surface area contributed by atoms with Crippen molar-refractivity contribution < 1.29 is 4.79 Å². The van der Waals surface area contributed by atoms with Crippen molar-refractivity contribution in [3.63, 3.8) is 0 Å². The molecule has 0 unspecified atom stereocenters. The average Bonchev–Trinajstić information content (AvgIpc) is 2.66. The van der Waals surface area contributed by atoms with Crippen LogP contribution in [0.1, 0.15) is 5.82 Å². The van der Waals surface area contributed by atoms with Gasteiger partial charge in [0.2, 0.25) is 6.41 Å². The van der Waals surface area contributed by atoms with E-state index in [1.54, 1.807) is 6.07 Å². The standard InChI is InChI=1S/C10H10N4O/c1-7-12-10(14-13-7)8-4-2-3-5-9(8)11-6-15/h2-6H,1H3,(H,11,15)(H,12,13,14). The fraction of sp³-hybridized carbons (Fsp3) is 0.100. The summed E-state index contributed by atoms with van der Waals surface area (Å²) in [6.07, 6.45) is 0.637. The van der Waals surface area contributed by atoms with Crippen LogP contribution in [0, 0.1) is 6.92 Å². The number of aromatic nitrogens is 3. The summed E-state index contributed by atoms with van der Waals surface area (Å²) >= 11 is 0. The molecule has 0 radical (unpaired) electrons. The second kappa shape index (κ2) is 3.91. The predicted octanol–water partition coefficient (Wildman–Crippen LogP) is 1.35. The van der Waals surface area contributed by atoms with Crippen molar-refractivity contribution in [1.82, 2.24) is 15.2 Å². The van der Waals surface area contributed by atoms with Crippen molar-refractivity contribution in [3.8, 4) is 11.4 Å². The number of hydrogen-bond acceptors (Lipinski definition) is 3. The van der Waals surface area contributed by atoms with Crippen LogP contribution in [0.15, 0.2) is 24.3 Å². The van der Waals surface area contributed by atoms with Gasteiger partial charge in [-0.15, -0.1) is 0 Å². The quantitative estimate of drug-likeness (QED) is 0.738. The van der Waals surface area contributed by atoms with Crippen LogP contribution in [0.25, 0.3) is 11.4 Å². The highest BCUT2D eigenvalue weighted by Gasteiger charge is 2.07. The molecular weight excluding hydrogens is 192 g/mol. The van der Waals surface area contributed by atoms with Gasteiger partial charge >= 0.3 is 0 Å². The highest BCUT2D eigenvalue weighted by atomic mass is 16.1. The van der Waals surface area contributed by atoms with Crippen LogP contribution in [0.3, 0.4) is 0 Å². The fourth-order valence-electron chi connectivity index (χ4n) is 1.33.